The first kappa shape index (κ1) is 18.1. The fraction of sp³-hybridized carbons (Fsp3) is 0.222. The number of nitrogens with zero attached hydrogens (tertiary/aromatic N) is 2. The number of hydrazone groups is 1. The zero-order valence-corrected chi connectivity index (χ0v) is 14.1. The van der Waals surface area contributed by atoms with Crippen LogP contribution in [0.25, 0.3) is 0 Å². The maximum atomic E-state index is 12.0. The monoisotopic (exact) mass is 341 g/mol. The van der Waals surface area contributed by atoms with Gasteiger partial charge in [0.2, 0.25) is 5.91 Å². The molecule has 1 N–H and O–H groups in total. The van der Waals surface area contributed by atoms with Crippen LogP contribution in [0, 0.1) is 10.1 Å². The highest BCUT2D eigenvalue weighted by atomic mass is 16.6. The maximum absolute atomic E-state index is 12.0. The summed E-state index contributed by atoms with van der Waals surface area (Å²) in [7, 11) is 1.60. The number of rotatable bonds is 7. The molecule has 25 heavy (non-hydrogen) atoms. The summed E-state index contributed by atoms with van der Waals surface area (Å²) in [5, 5.41) is 14.8. The molecule has 2 aromatic rings. The van der Waals surface area contributed by atoms with Crippen LogP contribution in [-0.2, 0) is 11.2 Å². The molecule has 130 valence electrons. The number of nitro benzene ring substituents is 1. The lowest BCUT2D eigenvalue weighted by Gasteiger charge is -2.06. The van der Waals surface area contributed by atoms with Gasteiger partial charge in [0.25, 0.3) is 5.69 Å². The molecular formula is C18H19N3O4. The fourth-order valence-corrected chi connectivity index (χ4v) is 2.22. The van der Waals surface area contributed by atoms with Crippen LogP contribution in [0.5, 0.6) is 5.75 Å². The normalized spacial score (nSPS) is 11.0. The number of hydrogen-bond donors (Lipinski definition) is 1. The van der Waals surface area contributed by atoms with Crippen molar-refractivity contribution in [3.8, 4) is 5.75 Å². The van der Waals surface area contributed by atoms with Crippen LogP contribution in [0.3, 0.4) is 0 Å². The number of carbonyl (C=O) groups is 1. The van der Waals surface area contributed by atoms with Crippen molar-refractivity contribution in [2.24, 2.45) is 5.10 Å². The Bertz CT molecular complexity index is 768. The van der Waals surface area contributed by atoms with E-state index in [0.717, 1.165) is 17.0 Å². The van der Waals surface area contributed by atoms with Crippen LogP contribution < -0.4 is 10.2 Å². The van der Waals surface area contributed by atoms with Gasteiger partial charge in [-0.25, -0.2) is 5.43 Å². The molecule has 0 saturated heterocycles. The minimum atomic E-state index is -0.476. The van der Waals surface area contributed by atoms with Crippen molar-refractivity contribution in [2.45, 2.75) is 19.8 Å². The van der Waals surface area contributed by atoms with Crippen LogP contribution in [0.1, 0.15) is 24.5 Å². The van der Waals surface area contributed by atoms with E-state index in [1.54, 1.807) is 19.2 Å². The number of amides is 1. The van der Waals surface area contributed by atoms with E-state index >= 15 is 0 Å². The Labute approximate surface area is 145 Å². The minimum Gasteiger partial charge on any atom is -0.497 e. The molecule has 0 saturated carbocycles. The topological polar surface area (TPSA) is 93.8 Å². The highest BCUT2D eigenvalue weighted by Gasteiger charge is 2.08. The van der Waals surface area contributed by atoms with Gasteiger partial charge in [0.05, 0.1) is 24.2 Å². The third-order valence-corrected chi connectivity index (χ3v) is 3.59. The molecule has 0 aliphatic carbocycles. The summed E-state index contributed by atoms with van der Waals surface area (Å²) in [5.74, 6) is 0.467. The summed E-state index contributed by atoms with van der Waals surface area (Å²) in [4.78, 5) is 22.2. The van der Waals surface area contributed by atoms with Crippen LogP contribution >= 0.6 is 0 Å². The highest BCUT2D eigenvalue weighted by Crippen LogP contribution is 2.14. The highest BCUT2D eigenvalue weighted by molar-refractivity contribution is 6.01. The molecule has 2 aromatic carbocycles. The Morgan fingerprint density at radius 2 is 1.80 bits per heavy atom. The molecule has 0 aliphatic heterocycles. The molecule has 7 heteroatoms. The number of non-ortho nitro benzene ring substituents is 1. The summed E-state index contributed by atoms with van der Waals surface area (Å²) in [6, 6.07) is 13.3. The lowest BCUT2D eigenvalue weighted by Crippen LogP contribution is -2.21. The van der Waals surface area contributed by atoms with Gasteiger partial charge in [-0.15, -0.1) is 0 Å². The van der Waals surface area contributed by atoms with E-state index in [1.165, 1.54) is 12.1 Å². The van der Waals surface area contributed by atoms with E-state index < -0.39 is 4.92 Å². The van der Waals surface area contributed by atoms with Gasteiger partial charge in [0, 0.05) is 12.1 Å². The van der Waals surface area contributed by atoms with Crippen LogP contribution in [0.4, 0.5) is 5.69 Å². The Morgan fingerprint density at radius 1 is 1.16 bits per heavy atom. The van der Waals surface area contributed by atoms with E-state index in [1.807, 2.05) is 31.2 Å². The smallest absolute Gasteiger partial charge is 0.269 e. The lowest BCUT2D eigenvalue weighted by atomic mass is 10.1. The van der Waals surface area contributed by atoms with Gasteiger partial charge in [-0.3, -0.25) is 14.9 Å². The van der Waals surface area contributed by atoms with Crippen molar-refractivity contribution >= 4 is 17.3 Å². The summed E-state index contributed by atoms with van der Waals surface area (Å²) in [6.07, 6.45) is 0.755. The average molecular weight is 341 g/mol. The van der Waals surface area contributed by atoms with Crippen molar-refractivity contribution in [1.29, 1.82) is 0 Å². The van der Waals surface area contributed by atoms with Crippen LogP contribution in [0.15, 0.2) is 53.6 Å². The van der Waals surface area contributed by atoms with Gasteiger partial charge in [-0.05, 0) is 41.8 Å². The van der Waals surface area contributed by atoms with Gasteiger partial charge < -0.3 is 4.74 Å². The molecule has 0 atom stereocenters. The van der Waals surface area contributed by atoms with E-state index in [4.69, 9.17) is 4.74 Å². The SMILES string of the molecule is CCC(=NNC(=O)Cc1ccc([N+](=O)[O-])cc1)c1ccc(OC)cc1. The molecule has 0 heterocycles. The first-order valence-corrected chi connectivity index (χ1v) is 7.76. The number of nitro groups is 1. The molecule has 0 fully saturated rings. The van der Waals surface area contributed by atoms with Gasteiger partial charge in [-0.1, -0.05) is 19.1 Å². The number of nitrogens with one attached hydrogen (secondary N) is 1. The van der Waals surface area contributed by atoms with Crippen molar-refractivity contribution in [2.75, 3.05) is 7.11 Å². The number of carbonyl (C=O) groups excluding carboxylic acids is 1. The second kappa shape index (κ2) is 8.58. The van der Waals surface area contributed by atoms with Crippen molar-refractivity contribution in [1.82, 2.24) is 5.43 Å². The zero-order valence-electron chi connectivity index (χ0n) is 14.1. The second-order valence-corrected chi connectivity index (χ2v) is 5.28. The van der Waals surface area contributed by atoms with E-state index in [-0.39, 0.29) is 18.0 Å². The standard InChI is InChI=1S/C18H19N3O4/c1-3-17(14-6-10-16(25-2)11-7-14)19-20-18(22)12-13-4-8-15(9-5-13)21(23)24/h4-11H,3,12H2,1-2H3,(H,20,22). The molecule has 7 nitrogen and oxygen atoms in total. The predicted molar refractivity (Wildman–Crippen MR) is 94.8 cm³/mol. The Kier molecular flexibility index (Phi) is 6.22. The van der Waals surface area contributed by atoms with Crippen molar-refractivity contribution in [3.63, 3.8) is 0 Å². The molecule has 0 unspecified atom stereocenters. The van der Waals surface area contributed by atoms with Crippen molar-refractivity contribution < 1.29 is 14.5 Å². The van der Waals surface area contributed by atoms with Gasteiger partial charge >= 0.3 is 0 Å². The molecular weight excluding hydrogens is 322 g/mol. The molecule has 0 radical (unpaired) electrons. The number of benzene rings is 2. The van der Waals surface area contributed by atoms with Crippen molar-refractivity contribution in [3.05, 3.63) is 69.8 Å². The Balaban J connectivity index is 2.00. The Hall–Kier alpha value is -3.22. The molecule has 0 aliphatic rings. The quantitative estimate of drug-likeness (QED) is 0.476. The first-order chi connectivity index (χ1) is 12.0. The Morgan fingerprint density at radius 3 is 2.32 bits per heavy atom. The molecule has 0 aromatic heterocycles. The van der Waals surface area contributed by atoms with Gasteiger partial charge in [0.1, 0.15) is 5.75 Å². The summed E-state index contributed by atoms with van der Waals surface area (Å²) < 4.78 is 5.12. The van der Waals surface area contributed by atoms with Gasteiger partial charge in [-0.2, -0.15) is 5.10 Å². The summed E-state index contributed by atoms with van der Waals surface area (Å²) >= 11 is 0. The fourth-order valence-electron chi connectivity index (χ4n) is 2.22. The average Bonchev–Trinajstić information content (AvgIpc) is 2.63. The third-order valence-electron chi connectivity index (χ3n) is 3.59. The van der Waals surface area contributed by atoms with Gasteiger partial charge in [0.15, 0.2) is 0 Å². The first-order valence-electron chi connectivity index (χ1n) is 7.76. The van der Waals surface area contributed by atoms with E-state index in [0.29, 0.717) is 12.0 Å². The van der Waals surface area contributed by atoms with Crippen LogP contribution in [-0.4, -0.2) is 23.7 Å². The van der Waals surface area contributed by atoms with E-state index in [9.17, 15) is 14.9 Å². The predicted octanol–water partition coefficient (Wildman–Crippen LogP) is 3.08. The minimum absolute atomic E-state index is 0.00467. The third kappa shape index (κ3) is 5.13. The molecule has 2 rings (SSSR count). The zero-order chi connectivity index (χ0) is 18.2. The summed E-state index contributed by atoms with van der Waals surface area (Å²) in [5.41, 5.74) is 4.86. The number of ether oxygens (including phenoxy) is 1. The molecule has 0 bridgehead atoms. The largest absolute Gasteiger partial charge is 0.497 e. The molecule has 0 spiro atoms. The second-order valence-electron chi connectivity index (χ2n) is 5.28. The molecule has 1 amide bonds. The van der Waals surface area contributed by atoms with Crippen LogP contribution in [0.2, 0.25) is 0 Å². The van der Waals surface area contributed by atoms with E-state index in [2.05, 4.69) is 10.5 Å². The lowest BCUT2D eigenvalue weighted by molar-refractivity contribution is -0.384. The number of methoxy groups -OCH3 is 1. The maximum Gasteiger partial charge on any atom is 0.269 e. The number of hydrogen-bond acceptors (Lipinski definition) is 5. The summed E-state index contributed by atoms with van der Waals surface area (Å²) in [6.45, 7) is 1.95.